The summed E-state index contributed by atoms with van der Waals surface area (Å²) in [5.74, 6) is -0.958. The smallest absolute Gasteiger partial charge is 0.341 e. The highest BCUT2D eigenvalue weighted by Crippen LogP contribution is 2.37. The van der Waals surface area contributed by atoms with Gasteiger partial charge in [0.1, 0.15) is 5.82 Å². The van der Waals surface area contributed by atoms with Crippen molar-refractivity contribution >= 4 is 6.29 Å². The number of halogens is 4. The lowest BCUT2D eigenvalue weighted by atomic mass is 10.0. The number of nitrogens with zero attached hydrogens (tertiary/aromatic N) is 1. The van der Waals surface area contributed by atoms with Crippen LogP contribution >= 0.6 is 0 Å². The fraction of sp³-hybridized carbons (Fsp3) is 0.154. The normalized spacial score (nSPS) is 11.6. The van der Waals surface area contributed by atoms with Crippen LogP contribution < -0.4 is 0 Å². The van der Waals surface area contributed by atoms with Crippen LogP contribution in [0.3, 0.4) is 0 Å². The molecule has 1 aromatic carbocycles. The molecule has 0 radical (unpaired) electrons. The fourth-order valence-electron chi connectivity index (χ4n) is 1.89. The quantitative estimate of drug-likeness (QED) is 0.603. The fourth-order valence-corrected chi connectivity index (χ4v) is 1.89. The average molecular weight is 271 g/mol. The molecular weight excluding hydrogens is 262 g/mol. The maximum Gasteiger partial charge on any atom is 0.417 e. The van der Waals surface area contributed by atoms with Crippen LogP contribution in [0.1, 0.15) is 16.1 Å². The molecule has 2 nitrogen and oxygen atoms in total. The van der Waals surface area contributed by atoms with Gasteiger partial charge in [0, 0.05) is 18.3 Å². The molecule has 1 heterocycles. The molecule has 1 aromatic heterocycles. The van der Waals surface area contributed by atoms with Crippen molar-refractivity contribution in [1.29, 1.82) is 0 Å². The van der Waals surface area contributed by atoms with Crippen LogP contribution in [0.5, 0.6) is 0 Å². The second-order valence-corrected chi connectivity index (χ2v) is 4.01. The Kier molecular flexibility index (Phi) is 3.18. The van der Waals surface area contributed by atoms with Crippen molar-refractivity contribution < 1.29 is 22.4 Å². The van der Waals surface area contributed by atoms with E-state index in [2.05, 4.69) is 0 Å². The number of carbonyl (C=O) groups is 1. The third kappa shape index (κ3) is 2.38. The van der Waals surface area contributed by atoms with Crippen LogP contribution in [-0.2, 0) is 13.2 Å². The number of carbonyl (C=O) groups excluding carboxylic acids is 1. The molecule has 0 amide bonds. The van der Waals surface area contributed by atoms with Gasteiger partial charge in [0.25, 0.3) is 0 Å². The molecule has 2 aromatic rings. The molecule has 6 heteroatoms. The van der Waals surface area contributed by atoms with Gasteiger partial charge < -0.3 is 4.57 Å². The SMILES string of the molecule is Cn1c(C=O)ccc1-c1ccc(F)cc1C(F)(F)F. The summed E-state index contributed by atoms with van der Waals surface area (Å²) in [6.45, 7) is 0. The first kappa shape index (κ1) is 13.3. The van der Waals surface area contributed by atoms with Gasteiger partial charge in [-0.3, -0.25) is 4.79 Å². The van der Waals surface area contributed by atoms with E-state index < -0.39 is 17.6 Å². The van der Waals surface area contributed by atoms with Crippen LogP contribution in [0.15, 0.2) is 30.3 Å². The first-order valence-corrected chi connectivity index (χ1v) is 5.32. The molecule has 0 aliphatic heterocycles. The summed E-state index contributed by atoms with van der Waals surface area (Å²) in [7, 11) is 1.47. The molecule has 0 bridgehead atoms. The molecular formula is C13H9F4NO. The Morgan fingerprint density at radius 1 is 1.16 bits per heavy atom. The van der Waals surface area contributed by atoms with E-state index in [0.717, 1.165) is 12.1 Å². The Bertz CT molecular complexity index is 628. The molecule has 0 spiro atoms. The number of rotatable bonds is 2. The van der Waals surface area contributed by atoms with Gasteiger partial charge in [-0.2, -0.15) is 13.2 Å². The zero-order chi connectivity index (χ0) is 14.2. The lowest BCUT2D eigenvalue weighted by Gasteiger charge is -2.14. The summed E-state index contributed by atoms with van der Waals surface area (Å²) in [4.78, 5) is 10.7. The summed E-state index contributed by atoms with van der Waals surface area (Å²) >= 11 is 0. The van der Waals surface area contributed by atoms with Crippen LogP contribution in [0.25, 0.3) is 11.3 Å². The molecule has 100 valence electrons. The van der Waals surface area contributed by atoms with Gasteiger partial charge in [-0.15, -0.1) is 0 Å². The summed E-state index contributed by atoms with van der Waals surface area (Å²) in [6, 6.07) is 5.27. The highest BCUT2D eigenvalue weighted by atomic mass is 19.4. The van der Waals surface area contributed by atoms with Crippen molar-refractivity contribution in [3.8, 4) is 11.3 Å². The van der Waals surface area contributed by atoms with Gasteiger partial charge in [0.05, 0.1) is 11.3 Å². The Morgan fingerprint density at radius 3 is 2.37 bits per heavy atom. The van der Waals surface area contributed by atoms with Gasteiger partial charge >= 0.3 is 6.18 Å². The minimum atomic E-state index is -4.66. The highest BCUT2D eigenvalue weighted by molar-refractivity contribution is 5.77. The minimum absolute atomic E-state index is 0.162. The second-order valence-electron chi connectivity index (χ2n) is 4.01. The third-order valence-electron chi connectivity index (χ3n) is 2.84. The van der Waals surface area contributed by atoms with Crippen molar-refractivity contribution in [1.82, 2.24) is 4.57 Å². The summed E-state index contributed by atoms with van der Waals surface area (Å²) in [5, 5.41) is 0. The van der Waals surface area contributed by atoms with Crippen molar-refractivity contribution in [3.05, 3.63) is 47.4 Å². The number of aldehydes is 1. The largest absolute Gasteiger partial charge is 0.417 e. The molecule has 2 rings (SSSR count). The number of alkyl halides is 3. The van der Waals surface area contributed by atoms with Gasteiger partial charge in [0.15, 0.2) is 6.29 Å². The summed E-state index contributed by atoms with van der Waals surface area (Å²) in [5.41, 5.74) is -0.780. The van der Waals surface area contributed by atoms with E-state index in [1.54, 1.807) is 0 Å². The van der Waals surface area contributed by atoms with E-state index in [-0.39, 0.29) is 17.0 Å². The van der Waals surface area contributed by atoms with Crippen LogP contribution in [0.4, 0.5) is 17.6 Å². The number of benzene rings is 1. The monoisotopic (exact) mass is 271 g/mol. The molecule has 0 saturated carbocycles. The predicted molar refractivity (Wildman–Crippen MR) is 61.2 cm³/mol. The van der Waals surface area contributed by atoms with E-state index in [0.29, 0.717) is 12.4 Å². The lowest BCUT2D eigenvalue weighted by molar-refractivity contribution is -0.137. The van der Waals surface area contributed by atoms with Crippen molar-refractivity contribution in [2.75, 3.05) is 0 Å². The Labute approximate surface area is 106 Å². The maximum absolute atomic E-state index is 13.0. The van der Waals surface area contributed by atoms with E-state index >= 15 is 0 Å². The van der Waals surface area contributed by atoms with Crippen LogP contribution in [0.2, 0.25) is 0 Å². The van der Waals surface area contributed by atoms with Gasteiger partial charge in [0.2, 0.25) is 0 Å². The van der Waals surface area contributed by atoms with Crippen LogP contribution in [0, 0.1) is 5.82 Å². The number of hydrogen-bond acceptors (Lipinski definition) is 1. The zero-order valence-corrected chi connectivity index (χ0v) is 9.83. The first-order chi connectivity index (χ1) is 8.84. The topological polar surface area (TPSA) is 22.0 Å². The van der Waals surface area contributed by atoms with Crippen molar-refractivity contribution in [2.24, 2.45) is 7.05 Å². The highest BCUT2D eigenvalue weighted by Gasteiger charge is 2.34. The molecule has 0 fully saturated rings. The predicted octanol–water partition coefficient (Wildman–Crippen LogP) is 3.66. The Balaban J connectivity index is 2.68. The van der Waals surface area contributed by atoms with Gasteiger partial charge in [-0.25, -0.2) is 4.39 Å². The molecule has 0 atom stereocenters. The lowest BCUT2D eigenvalue weighted by Crippen LogP contribution is -2.09. The van der Waals surface area contributed by atoms with E-state index in [4.69, 9.17) is 0 Å². The van der Waals surface area contributed by atoms with Crippen LogP contribution in [-0.4, -0.2) is 10.9 Å². The first-order valence-electron chi connectivity index (χ1n) is 5.32. The molecule has 19 heavy (non-hydrogen) atoms. The third-order valence-corrected chi connectivity index (χ3v) is 2.84. The van der Waals surface area contributed by atoms with E-state index in [9.17, 15) is 22.4 Å². The molecule has 0 aliphatic rings. The van der Waals surface area contributed by atoms with Crippen molar-refractivity contribution in [3.63, 3.8) is 0 Å². The summed E-state index contributed by atoms with van der Waals surface area (Å²) in [6.07, 6.45) is -4.12. The number of hydrogen-bond donors (Lipinski definition) is 0. The number of aromatic nitrogens is 1. The minimum Gasteiger partial charge on any atom is -0.341 e. The van der Waals surface area contributed by atoms with Crippen molar-refractivity contribution in [2.45, 2.75) is 6.18 Å². The summed E-state index contributed by atoms with van der Waals surface area (Å²) < 4.78 is 53.0. The molecule has 0 saturated heterocycles. The Morgan fingerprint density at radius 2 is 1.84 bits per heavy atom. The van der Waals surface area contributed by atoms with E-state index in [1.807, 2.05) is 0 Å². The molecule has 0 N–H and O–H groups in total. The van der Waals surface area contributed by atoms with Gasteiger partial charge in [-0.1, -0.05) is 0 Å². The second kappa shape index (κ2) is 4.53. The molecule has 0 unspecified atom stereocenters. The zero-order valence-electron chi connectivity index (χ0n) is 9.83. The van der Waals surface area contributed by atoms with E-state index in [1.165, 1.54) is 23.7 Å². The average Bonchev–Trinajstić information content (AvgIpc) is 2.69. The molecule has 0 aliphatic carbocycles. The maximum atomic E-state index is 13.0. The standard InChI is InChI=1S/C13H9F4NO/c1-18-9(7-19)3-5-12(18)10-4-2-8(14)6-11(10)13(15,16)17/h2-7H,1H3. The van der Waals surface area contributed by atoms with Gasteiger partial charge in [-0.05, 0) is 30.3 Å². The Hall–Kier alpha value is -2.11.